The van der Waals surface area contributed by atoms with Crippen LogP contribution >= 0.6 is 23.2 Å². The van der Waals surface area contributed by atoms with Gasteiger partial charge in [0.15, 0.2) is 11.4 Å². The summed E-state index contributed by atoms with van der Waals surface area (Å²) in [6.45, 7) is 3.54. The van der Waals surface area contributed by atoms with Crippen LogP contribution in [-0.2, 0) is 6.61 Å². The lowest BCUT2D eigenvalue weighted by molar-refractivity contribution is 0.301. The molecule has 5 aromatic rings. The predicted molar refractivity (Wildman–Crippen MR) is 134 cm³/mol. The molecule has 0 aliphatic carbocycles. The first-order chi connectivity index (χ1) is 16.8. The Morgan fingerprint density at radius 1 is 1.03 bits per heavy atom. The van der Waals surface area contributed by atoms with Gasteiger partial charge in [0.25, 0.3) is 5.56 Å². The van der Waals surface area contributed by atoms with Crippen LogP contribution in [0.15, 0.2) is 71.7 Å². The summed E-state index contributed by atoms with van der Waals surface area (Å²) >= 11 is 12.3. The third-order valence-electron chi connectivity index (χ3n) is 5.63. The zero-order valence-electron chi connectivity index (χ0n) is 18.8. The molecule has 0 saturated heterocycles. The lowest BCUT2D eigenvalue weighted by Crippen LogP contribution is -2.19. The molecule has 0 radical (unpaired) electrons. The molecule has 9 heteroatoms. The molecular formula is C26H19Cl2FN4O2. The molecule has 6 nitrogen and oxygen atoms in total. The second kappa shape index (κ2) is 9.17. The Balaban J connectivity index is 1.56. The van der Waals surface area contributed by atoms with Gasteiger partial charge in [0.05, 0.1) is 22.0 Å². The van der Waals surface area contributed by atoms with Crippen molar-refractivity contribution in [2.45, 2.75) is 20.5 Å². The van der Waals surface area contributed by atoms with E-state index in [1.54, 1.807) is 48.1 Å². The highest BCUT2D eigenvalue weighted by Crippen LogP contribution is 2.26. The summed E-state index contributed by atoms with van der Waals surface area (Å²) in [5, 5.41) is 5.51. The number of benzene rings is 2. The third kappa shape index (κ3) is 4.29. The van der Waals surface area contributed by atoms with Crippen LogP contribution < -0.4 is 10.3 Å². The van der Waals surface area contributed by atoms with Crippen molar-refractivity contribution in [3.8, 4) is 22.7 Å². The molecular weight excluding hydrogens is 490 g/mol. The van der Waals surface area contributed by atoms with Gasteiger partial charge in [-0.25, -0.2) is 14.1 Å². The minimum absolute atomic E-state index is 0.106. The summed E-state index contributed by atoms with van der Waals surface area (Å²) in [7, 11) is 0. The van der Waals surface area contributed by atoms with Gasteiger partial charge in [0, 0.05) is 22.5 Å². The van der Waals surface area contributed by atoms with Crippen molar-refractivity contribution in [1.29, 1.82) is 0 Å². The number of ether oxygens (including phenoxy) is 1. The van der Waals surface area contributed by atoms with Crippen molar-refractivity contribution < 1.29 is 9.13 Å². The molecule has 0 spiro atoms. The first-order valence-corrected chi connectivity index (χ1v) is 11.5. The Morgan fingerprint density at radius 2 is 1.83 bits per heavy atom. The number of halogens is 3. The monoisotopic (exact) mass is 508 g/mol. The molecule has 5 rings (SSSR count). The van der Waals surface area contributed by atoms with Crippen molar-refractivity contribution >= 4 is 28.8 Å². The first-order valence-electron chi connectivity index (χ1n) is 10.7. The Labute approximate surface area is 210 Å². The van der Waals surface area contributed by atoms with Crippen LogP contribution in [0.2, 0.25) is 10.0 Å². The molecule has 3 aromatic heterocycles. The molecule has 0 fully saturated rings. The van der Waals surface area contributed by atoms with Gasteiger partial charge in [-0.3, -0.25) is 9.20 Å². The van der Waals surface area contributed by atoms with E-state index < -0.39 is 5.82 Å². The average molecular weight is 509 g/mol. The Morgan fingerprint density at radius 3 is 2.60 bits per heavy atom. The van der Waals surface area contributed by atoms with Crippen molar-refractivity contribution in [2.24, 2.45) is 0 Å². The summed E-state index contributed by atoms with van der Waals surface area (Å²) < 4.78 is 23.1. The first kappa shape index (κ1) is 23.1. The molecule has 2 aromatic carbocycles. The van der Waals surface area contributed by atoms with Gasteiger partial charge in [-0.1, -0.05) is 35.3 Å². The van der Waals surface area contributed by atoms with E-state index >= 15 is 0 Å². The van der Waals surface area contributed by atoms with Crippen LogP contribution in [-0.4, -0.2) is 19.2 Å². The van der Waals surface area contributed by atoms with E-state index in [9.17, 15) is 9.18 Å². The zero-order valence-corrected chi connectivity index (χ0v) is 20.3. The fourth-order valence-corrected chi connectivity index (χ4v) is 4.34. The van der Waals surface area contributed by atoms with Crippen LogP contribution in [0.25, 0.3) is 22.6 Å². The van der Waals surface area contributed by atoms with Crippen molar-refractivity contribution in [2.75, 3.05) is 0 Å². The highest BCUT2D eigenvalue weighted by Gasteiger charge is 2.19. The average Bonchev–Trinajstić information content (AvgIpc) is 3.20. The largest absolute Gasteiger partial charge is 0.485 e. The molecule has 0 N–H and O–H groups in total. The molecule has 0 amide bonds. The number of aromatic nitrogens is 4. The zero-order chi connectivity index (χ0) is 24.7. The highest BCUT2D eigenvalue weighted by atomic mass is 35.5. The van der Waals surface area contributed by atoms with Crippen molar-refractivity contribution in [3.63, 3.8) is 0 Å². The summed E-state index contributed by atoms with van der Waals surface area (Å²) in [4.78, 5) is 18.1. The van der Waals surface area contributed by atoms with Gasteiger partial charge < -0.3 is 4.74 Å². The van der Waals surface area contributed by atoms with Crippen LogP contribution in [0.3, 0.4) is 0 Å². The number of pyridine rings is 1. The lowest BCUT2D eigenvalue weighted by Gasteiger charge is -2.12. The van der Waals surface area contributed by atoms with E-state index in [1.807, 2.05) is 25.1 Å². The number of fused-ring (bicyclic) bond motifs is 1. The van der Waals surface area contributed by atoms with Gasteiger partial charge in [-0.05, 0) is 62.4 Å². The summed E-state index contributed by atoms with van der Waals surface area (Å²) in [6, 6.07) is 16.9. The normalized spacial score (nSPS) is 11.2. The second-order valence-electron chi connectivity index (χ2n) is 7.99. The van der Waals surface area contributed by atoms with Crippen LogP contribution in [0.4, 0.5) is 4.39 Å². The molecule has 0 aliphatic heterocycles. The summed E-state index contributed by atoms with van der Waals surface area (Å²) in [6.07, 6.45) is 1.61. The van der Waals surface area contributed by atoms with E-state index in [0.717, 1.165) is 11.4 Å². The standard InChI is InChI=1S/C26H19Cl2FN4O2/c1-15-12-22(31-33(15)18-7-3-6-17(27)13-18)24-16(2)30-25-23(10-5-11-32(25)26(24)34)35-14-19-20(28)8-4-9-21(19)29/h3-13H,14H2,1-2H3. The molecule has 0 saturated carbocycles. The maximum Gasteiger partial charge on any atom is 0.267 e. The Kier molecular flexibility index (Phi) is 6.05. The quantitative estimate of drug-likeness (QED) is 0.284. The number of hydrogen-bond donors (Lipinski definition) is 0. The van der Waals surface area contributed by atoms with E-state index in [2.05, 4.69) is 10.1 Å². The molecule has 3 heterocycles. The number of nitrogens with zero attached hydrogens (tertiary/aromatic N) is 4. The number of rotatable bonds is 5. The van der Waals surface area contributed by atoms with Crippen LogP contribution in [0.1, 0.15) is 17.0 Å². The minimum atomic E-state index is -0.466. The van der Waals surface area contributed by atoms with E-state index in [1.165, 1.54) is 16.5 Å². The number of hydrogen-bond acceptors (Lipinski definition) is 4. The fourth-order valence-electron chi connectivity index (χ4n) is 3.94. The van der Waals surface area contributed by atoms with Gasteiger partial charge in [-0.15, -0.1) is 0 Å². The van der Waals surface area contributed by atoms with E-state index in [0.29, 0.717) is 33.4 Å². The van der Waals surface area contributed by atoms with Crippen molar-refractivity contribution in [1.82, 2.24) is 19.2 Å². The molecule has 35 heavy (non-hydrogen) atoms. The molecule has 0 bridgehead atoms. The predicted octanol–water partition coefficient (Wildman–Crippen LogP) is 6.19. The maximum atomic E-state index is 14.2. The molecule has 0 aliphatic rings. The topological polar surface area (TPSA) is 61.4 Å². The Hall–Kier alpha value is -3.68. The van der Waals surface area contributed by atoms with Gasteiger partial charge >= 0.3 is 0 Å². The number of aryl methyl sites for hydroxylation is 2. The van der Waals surface area contributed by atoms with Crippen LogP contribution in [0, 0.1) is 19.7 Å². The minimum Gasteiger partial charge on any atom is -0.485 e. The second-order valence-corrected chi connectivity index (χ2v) is 8.84. The summed E-state index contributed by atoms with van der Waals surface area (Å²) in [5.74, 6) is -0.133. The Bertz CT molecular complexity index is 1620. The smallest absolute Gasteiger partial charge is 0.267 e. The fraction of sp³-hybridized carbons (Fsp3) is 0.115. The van der Waals surface area contributed by atoms with Gasteiger partial charge in [0.1, 0.15) is 18.1 Å². The molecule has 0 atom stereocenters. The third-order valence-corrected chi connectivity index (χ3v) is 6.22. The van der Waals surface area contributed by atoms with Gasteiger partial charge in [0.2, 0.25) is 0 Å². The highest BCUT2D eigenvalue weighted by molar-refractivity contribution is 6.31. The van der Waals surface area contributed by atoms with E-state index in [4.69, 9.17) is 27.9 Å². The van der Waals surface area contributed by atoms with Crippen molar-refractivity contribution in [3.05, 3.63) is 110 Å². The molecule has 176 valence electrons. The molecule has 0 unspecified atom stereocenters. The van der Waals surface area contributed by atoms with E-state index in [-0.39, 0.29) is 22.8 Å². The maximum absolute atomic E-state index is 14.2. The van der Waals surface area contributed by atoms with Crippen LogP contribution in [0.5, 0.6) is 5.75 Å². The SMILES string of the molecule is Cc1nc2c(OCc3c(F)cccc3Cl)cccn2c(=O)c1-c1cc(C)n(-c2cccc(Cl)c2)n1. The lowest BCUT2D eigenvalue weighted by atomic mass is 10.1. The summed E-state index contributed by atoms with van der Waals surface area (Å²) in [5.41, 5.74) is 3.24. The van der Waals surface area contributed by atoms with Gasteiger partial charge in [-0.2, -0.15) is 5.10 Å².